The van der Waals surface area contributed by atoms with Gasteiger partial charge in [-0.3, -0.25) is 9.59 Å². The van der Waals surface area contributed by atoms with Crippen LogP contribution in [0.1, 0.15) is 37.8 Å². The van der Waals surface area contributed by atoms with Crippen LogP contribution in [0.15, 0.2) is 54.6 Å². The molecule has 0 aliphatic rings. The van der Waals surface area contributed by atoms with E-state index >= 15 is 0 Å². The molecule has 2 aromatic carbocycles. The Bertz CT molecular complexity index is 784. The number of nitrogens with zero attached hydrogens (tertiary/aromatic N) is 1. The lowest BCUT2D eigenvalue weighted by molar-refractivity contribution is -0.138. The second-order valence-electron chi connectivity index (χ2n) is 7.16. The maximum atomic E-state index is 13.1. The van der Waals surface area contributed by atoms with Gasteiger partial charge in [-0.15, -0.1) is 11.8 Å². The molecule has 2 rings (SSSR count). The van der Waals surface area contributed by atoms with Gasteiger partial charge in [-0.1, -0.05) is 56.3 Å². The predicted molar refractivity (Wildman–Crippen MR) is 122 cm³/mol. The van der Waals surface area contributed by atoms with Gasteiger partial charge in [-0.25, -0.2) is 4.39 Å². The molecule has 30 heavy (non-hydrogen) atoms. The maximum absolute atomic E-state index is 13.1. The third-order valence-electron chi connectivity index (χ3n) is 4.83. The summed E-state index contributed by atoms with van der Waals surface area (Å²) in [5, 5.41) is 2.93. The molecule has 0 aromatic heterocycles. The number of rotatable bonds is 12. The monoisotopic (exact) mass is 430 g/mol. The van der Waals surface area contributed by atoms with Gasteiger partial charge in [0.05, 0.1) is 5.75 Å². The Balaban J connectivity index is 2.02. The maximum Gasteiger partial charge on any atom is 0.242 e. The summed E-state index contributed by atoms with van der Waals surface area (Å²) in [6.07, 6.45) is 2.12. The van der Waals surface area contributed by atoms with Crippen LogP contribution < -0.4 is 5.32 Å². The zero-order chi connectivity index (χ0) is 21.8. The number of hydrogen-bond donors (Lipinski definition) is 1. The van der Waals surface area contributed by atoms with Crippen molar-refractivity contribution in [2.75, 3.05) is 18.8 Å². The fraction of sp³-hybridized carbons (Fsp3) is 0.417. The van der Waals surface area contributed by atoms with Crippen molar-refractivity contribution in [3.8, 4) is 0 Å². The first kappa shape index (κ1) is 23.9. The third-order valence-corrected chi connectivity index (χ3v) is 5.82. The minimum atomic E-state index is -0.473. The number of benzene rings is 2. The van der Waals surface area contributed by atoms with E-state index in [2.05, 4.69) is 5.32 Å². The summed E-state index contributed by atoms with van der Waals surface area (Å²) in [6.45, 7) is 5.05. The van der Waals surface area contributed by atoms with E-state index in [1.807, 2.05) is 44.2 Å². The zero-order valence-corrected chi connectivity index (χ0v) is 18.6. The number of amides is 2. The highest BCUT2D eigenvalue weighted by atomic mass is 32.2. The van der Waals surface area contributed by atoms with Gasteiger partial charge in [0.15, 0.2) is 0 Å². The molecule has 2 aromatic rings. The Hall–Kier alpha value is -2.34. The summed E-state index contributed by atoms with van der Waals surface area (Å²) >= 11 is 1.48. The van der Waals surface area contributed by atoms with Crippen molar-refractivity contribution in [2.45, 2.75) is 44.9 Å². The van der Waals surface area contributed by atoms with Gasteiger partial charge < -0.3 is 10.2 Å². The smallest absolute Gasteiger partial charge is 0.242 e. The molecule has 2 amide bonds. The van der Waals surface area contributed by atoms with Crippen LogP contribution in [-0.2, 0) is 21.8 Å². The molecule has 0 unspecified atom stereocenters. The molecule has 0 saturated carbocycles. The van der Waals surface area contributed by atoms with Crippen molar-refractivity contribution >= 4 is 23.6 Å². The van der Waals surface area contributed by atoms with Gasteiger partial charge in [0.25, 0.3) is 0 Å². The molecule has 4 nitrogen and oxygen atoms in total. The molecule has 0 radical (unpaired) electrons. The van der Waals surface area contributed by atoms with Gasteiger partial charge >= 0.3 is 0 Å². The average molecular weight is 431 g/mol. The number of nitrogens with one attached hydrogen (secondary N) is 1. The number of thioether (sulfide) groups is 1. The van der Waals surface area contributed by atoms with Crippen LogP contribution in [-0.4, -0.2) is 41.6 Å². The van der Waals surface area contributed by atoms with Crippen LogP contribution in [0.4, 0.5) is 4.39 Å². The van der Waals surface area contributed by atoms with E-state index in [9.17, 15) is 14.0 Å². The van der Waals surface area contributed by atoms with Gasteiger partial charge in [-0.05, 0) is 42.5 Å². The molecule has 162 valence electrons. The predicted octanol–water partition coefficient (Wildman–Crippen LogP) is 4.44. The van der Waals surface area contributed by atoms with E-state index < -0.39 is 6.04 Å². The summed E-state index contributed by atoms with van der Waals surface area (Å²) in [7, 11) is 0. The highest BCUT2D eigenvalue weighted by Crippen LogP contribution is 2.16. The van der Waals surface area contributed by atoms with E-state index in [1.54, 1.807) is 17.0 Å². The number of hydrogen-bond acceptors (Lipinski definition) is 3. The highest BCUT2D eigenvalue weighted by molar-refractivity contribution is 7.99. The summed E-state index contributed by atoms with van der Waals surface area (Å²) in [5.41, 5.74) is 2.11. The summed E-state index contributed by atoms with van der Waals surface area (Å²) in [4.78, 5) is 27.4. The summed E-state index contributed by atoms with van der Waals surface area (Å²) in [5.74, 6) is 0.498. The molecule has 0 saturated heterocycles. The van der Waals surface area contributed by atoms with E-state index in [-0.39, 0.29) is 23.4 Å². The molecule has 0 heterocycles. The van der Waals surface area contributed by atoms with E-state index in [0.717, 1.165) is 17.5 Å². The molecule has 1 atom stereocenters. The van der Waals surface area contributed by atoms with Crippen molar-refractivity contribution in [1.82, 2.24) is 10.2 Å². The molecule has 0 aliphatic heterocycles. The van der Waals surface area contributed by atoms with E-state index in [0.29, 0.717) is 31.7 Å². The summed E-state index contributed by atoms with van der Waals surface area (Å²) < 4.78 is 13.1. The van der Waals surface area contributed by atoms with Gasteiger partial charge in [-0.2, -0.15) is 0 Å². The normalized spacial score (nSPS) is 11.7. The Labute approximate surface area is 183 Å². The number of halogens is 1. The molecule has 6 heteroatoms. The van der Waals surface area contributed by atoms with Crippen molar-refractivity contribution in [2.24, 2.45) is 0 Å². The standard InChI is InChI=1S/C24H31FN2O2S/c1-3-15-26-24(29)22(4-2)27(16-14-19-8-6-5-7-9-19)23(28)18-30-17-20-10-12-21(25)13-11-20/h5-13,22H,3-4,14-18H2,1-2H3,(H,26,29)/t22-/m0/s1. The largest absolute Gasteiger partial charge is 0.354 e. The minimum absolute atomic E-state index is 0.0449. The number of carbonyl (C=O) groups excluding carboxylic acids is 2. The lowest BCUT2D eigenvalue weighted by Gasteiger charge is -2.30. The average Bonchev–Trinajstić information content (AvgIpc) is 2.77. The quantitative estimate of drug-likeness (QED) is 0.542. The van der Waals surface area contributed by atoms with E-state index in [1.165, 1.54) is 23.9 Å². The molecular formula is C24H31FN2O2S. The van der Waals surface area contributed by atoms with Crippen LogP contribution in [0.5, 0.6) is 0 Å². The van der Waals surface area contributed by atoms with Crippen LogP contribution in [0.3, 0.4) is 0 Å². The number of carbonyl (C=O) groups is 2. The summed E-state index contributed by atoms with van der Waals surface area (Å²) in [6, 6.07) is 15.8. The second kappa shape index (κ2) is 13.1. The molecule has 0 spiro atoms. The lowest BCUT2D eigenvalue weighted by Crippen LogP contribution is -2.50. The highest BCUT2D eigenvalue weighted by Gasteiger charge is 2.27. The first-order chi connectivity index (χ1) is 14.5. The molecular weight excluding hydrogens is 399 g/mol. The first-order valence-corrected chi connectivity index (χ1v) is 11.6. The molecule has 0 aliphatic carbocycles. The second-order valence-corrected chi connectivity index (χ2v) is 8.14. The van der Waals surface area contributed by atoms with Crippen LogP contribution >= 0.6 is 11.8 Å². The van der Waals surface area contributed by atoms with Crippen LogP contribution in [0.2, 0.25) is 0 Å². The fourth-order valence-corrected chi connectivity index (χ4v) is 4.05. The Morgan fingerprint density at radius 3 is 2.37 bits per heavy atom. The van der Waals surface area contributed by atoms with Crippen molar-refractivity contribution in [3.05, 3.63) is 71.5 Å². The molecule has 0 fully saturated rings. The van der Waals surface area contributed by atoms with Gasteiger partial charge in [0, 0.05) is 18.8 Å². The fourth-order valence-electron chi connectivity index (χ4n) is 3.18. The van der Waals surface area contributed by atoms with Gasteiger partial charge in [0.2, 0.25) is 11.8 Å². The zero-order valence-electron chi connectivity index (χ0n) is 17.8. The Morgan fingerprint density at radius 1 is 1.03 bits per heavy atom. The first-order valence-electron chi connectivity index (χ1n) is 10.5. The van der Waals surface area contributed by atoms with E-state index in [4.69, 9.17) is 0 Å². The van der Waals surface area contributed by atoms with Crippen molar-refractivity contribution < 1.29 is 14.0 Å². The lowest BCUT2D eigenvalue weighted by atomic mass is 10.1. The van der Waals surface area contributed by atoms with Crippen LogP contribution in [0.25, 0.3) is 0 Å². The van der Waals surface area contributed by atoms with Gasteiger partial charge in [0.1, 0.15) is 11.9 Å². The minimum Gasteiger partial charge on any atom is -0.354 e. The Morgan fingerprint density at radius 2 is 1.73 bits per heavy atom. The third kappa shape index (κ3) is 7.82. The molecule has 0 bridgehead atoms. The SMILES string of the molecule is CCCNC(=O)[C@H](CC)N(CCc1ccccc1)C(=O)CSCc1ccc(F)cc1. The van der Waals surface area contributed by atoms with Crippen LogP contribution in [0, 0.1) is 5.82 Å². The topological polar surface area (TPSA) is 49.4 Å². The van der Waals surface area contributed by atoms with Crippen molar-refractivity contribution in [3.63, 3.8) is 0 Å². The van der Waals surface area contributed by atoms with Crippen molar-refractivity contribution in [1.29, 1.82) is 0 Å². The molecule has 1 N–H and O–H groups in total. The Kier molecular flexibility index (Phi) is 10.4.